The SMILES string of the molecule is C#CCC(O)C1C(C)=Cc2ccc(C)cc21. The van der Waals surface area contributed by atoms with Crippen molar-refractivity contribution in [3.63, 3.8) is 0 Å². The highest BCUT2D eigenvalue weighted by molar-refractivity contribution is 5.67. The van der Waals surface area contributed by atoms with Gasteiger partial charge in [0.25, 0.3) is 0 Å². The largest absolute Gasteiger partial charge is 0.391 e. The van der Waals surface area contributed by atoms with Crippen LogP contribution in [0.25, 0.3) is 6.08 Å². The number of aliphatic hydroxyl groups excluding tert-OH is 1. The zero-order valence-electron chi connectivity index (χ0n) is 9.70. The van der Waals surface area contributed by atoms with Crippen molar-refractivity contribution in [3.05, 3.63) is 40.5 Å². The summed E-state index contributed by atoms with van der Waals surface area (Å²) in [6, 6.07) is 6.35. The van der Waals surface area contributed by atoms with Crippen molar-refractivity contribution in [3.8, 4) is 12.3 Å². The first-order valence-corrected chi connectivity index (χ1v) is 5.53. The van der Waals surface area contributed by atoms with Gasteiger partial charge in [0.05, 0.1) is 6.10 Å². The Morgan fingerprint density at radius 2 is 2.19 bits per heavy atom. The number of aryl methyl sites for hydroxylation is 1. The van der Waals surface area contributed by atoms with E-state index in [-0.39, 0.29) is 5.92 Å². The predicted molar refractivity (Wildman–Crippen MR) is 67.0 cm³/mol. The summed E-state index contributed by atoms with van der Waals surface area (Å²) in [7, 11) is 0. The smallest absolute Gasteiger partial charge is 0.0755 e. The second-order valence-electron chi connectivity index (χ2n) is 4.47. The zero-order chi connectivity index (χ0) is 11.7. The first-order valence-electron chi connectivity index (χ1n) is 5.53. The quantitative estimate of drug-likeness (QED) is 0.747. The van der Waals surface area contributed by atoms with Crippen LogP contribution < -0.4 is 0 Å². The molecule has 16 heavy (non-hydrogen) atoms. The van der Waals surface area contributed by atoms with Crippen LogP contribution in [0.1, 0.15) is 36.0 Å². The molecule has 1 aromatic carbocycles. The minimum absolute atomic E-state index is 0.0750. The van der Waals surface area contributed by atoms with Gasteiger partial charge in [-0.2, -0.15) is 0 Å². The third-order valence-corrected chi connectivity index (χ3v) is 3.16. The highest BCUT2D eigenvalue weighted by atomic mass is 16.3. The molecule has 1 aromatic rings. The molecule has 0 aliphatic heterocycles. The second-order valence-corrected chi connectivity index (χ2v) is 4.47. The molecule has 82 valence electrons. The number of aliphatic hydroxyl groups is 1. The Bertz CT molecular complexity index is 477. The summed E-state index contributed by atoms with van der Waals surface area (Å²) in [6.45, 7) is 4.12. The van der Waals surface area contributed by atoms with Crippen molar-refractivity contribution in [2.75, 3.05) is 0 Å². The van der Waals surface area contributed by atoms with Crippen LogP contribution in [0, 0.1) is 19.3 Å². The van der Waals surface area contributed by atoms with E-state index in [0.29, 0.717) is 6.42 Å². The Labute approximate surface area is 96.8 Å². The van der Waals surface area contributed by atoms with Gasteiger partial charge in [-0.1, -0.05) is 35.4 Å². The predicted octanol–water partition coefficient (Wildman–Crippen LogP) is 2.88. The average Bonchev–Trinajstić information content (AvgIpc) is 2.53. The van der Waals surface area contributed by atoms with Crippen molar-refractivity contribution in [1.29, 1.82) is 0 Å². The molecule has 2 rings (SSSR count). The minimum atomic E-state index is -0.468. The average molecular weight is 212 g/mol. The van der Waals surface area contributed by atoms with E-state index in [2.05, 4.69) is 44.0 Å². The van der Waals surface area contributed by atoms with Gasteiger partial charge in [0.1, 0.15) is 0 Å². The third-order valence-electron chi connectivity index (χ3n) is 3.16. The highest BCUT2D eigenvalue weighted by Gasteiger charge is 2.28. The van der Waals surface area contributed by atoms with Crippen LogP contribution in [-0.2, 0) is 0 Å². The maximum Gasteiger partial charge on any atom is 0.0755 e. The number of terminal acetylenes is 1. The van der Waals surface area contributed by atoms with E-state index in [4.69, 9.17) is 6.42 Å². The molecule has 0 amide bonds. The maximum atomic E-state index is 10.1. The van der Waals surface area contributed by atoms with E-state index >= 15 is 0 Å². The van der Waals surface area contributed by atoms with E-state index in [1.165, 1.54) is 22.3 Å². The fourth-order valence-electron chi connectivity index (χ4n) is 2.42. The Balaban J connectivity index is 2.40. The molecule has 2 atom stereocenters. The Morgan fingerprint density at radius 1 is 1.44 bits per heavy atom. The van der Waals surface area contributed by atoms with Gasteiger partial charge in [-0.25, -0.2) is 0 Å². The van der Waals surface area contributed by atoms with Crippen molar-refractivity contribution in [2.24, 2.45) is 0 Å². The monoisotopic (exact) mass is 212 g/mol. The Morgan fingerprint density at radius 3 is 2.88 bits per heavy atom. The van der Waals surface area contributed by atoms with E-state index in [0.717, 1.165) is 0 Å². The van der Waals surface area contributed by atoms with Gasteiger partial charge in [-0.05, 0) is 25.0 Å². The van der Waals surface area contributed by atoms with Gasteiger partial charge in [-0.15, -0.1) is 12.3 Å². The molecule has 0 saturated carbocycles. The van der Waals surface area contributed by atoms with Gasteiger partial charge < -0.3 is 5.11 Å². The Kier molecular flexibility index (Phi) is 2.85. The lowest BCUT2D eigenvalue weighted by atomic mass is 9.89. The van der Waals surface area contributed by atoms with Crippen LogP contribution in [0.3, 0.4) is 0 Å². The van der Waals surface area contributed by atoms with Gasteiger partial charge in [0, 0.05) is 12.3 Å². The molecule has 0 bridgehead atoms. The van der Waals surface area contributed by atoms with Crippen LogP contribution in [0.2, 0.25) is 0 Å². The molecule has 1 N–H and O–H groups in total. The summed E-state index contributed by atoms with van der Waals surface area (Å²) in [4.78, 5) is 0. The number of hydrogen-bond acceptors (Lipinski definition) is 1. The maximum absolute atomic E-state index is 10.1. The van der Waals surface area contributed by atoms with Gasteiger partial charge >= 0.3 is 0 Å². The molecule has 1 aliphatic carbocycles. The summed E-state index contributed by atoms with van der Waals surface area (Å²) in [5, 5.41) is 10.1. The molecule has 0 heterocycles. The molecular weight excluding hydrogens is 196 g/mol. The lowest BCUT2D eigenvalue weighted by Gasteiger charge is -2.19. The van der Waals surface area contributed by atoms with E-state index in [9.17, 15) is 5.11 Å². The molecule has 0 fully saturated rings. The minimum Gasteiger partial charge on any atom is -0.391 e. The fourth-order valence-corrected chi connectivity index (χ4v) is 2.42. The number of rotatable bonds is 2. The molecule has 2 unspecified atom stereocenters. The molecule has 1 nitrogen and oxygen atoms in total. The third kappa shape index (κ3) is 1.77. The lowest BCUT2D eigenvalue weighted by molar-refractivity contribution is 0.162. The fraction of sp³-hybridized carbons (Fsp3) is 0.333. The highest BCUT2D eigenvalue weighted by Crippen LogP contribution is 2.39. The standard InChI is InChI=1S/C15H16O/c1-4-5-14(16)15-11(3)9-12-7-6-10(2)8-13(12)15/h1,6-9,14-16H,5H2,2-3H3. The lowest BCUT2D eigenvalue weighted by Crippen LogP contribution is -2.17. The number of hydrogen-bond donors (Lipinski definition) is 1. The van der Waals surface area contributed by atoms with Crippen molar-refractivity contribution in [2.45, 2.75) is 32.3 Å². The van der Waals surface area contributed by atoms with Crippen molar-refractivity contribution >= 4 is 6.08 Å². The summed E-state index contributed by atoms with van der Waals surface area (Å²) in [5.41, 5.74) is 4.84. The van der Waals surface area contributed by atoms with Crippen LogP contribution >= 0.6 is 0 Å². The summed E-state index contributed by atoms with van der Waals surface area (Å²) in [5.74, 6) is 2.61. The van der Waals surface area contributed by atoms with Gasteiger partial charge in [-0.3, -0.25) is 0 Å². The molecular formula is C15H16O. The van der Waals surface area contributed by atoms with Crippen LogP contribution in [0.5, 0.6) is 0 Å². The summed E-state index contributed by atoms with van der Waals surface area (Å²) < 4.78 is 0. The molecule has 0 radical (unpaired) electrons. The Hall–Kier alpha value is -1.52. The van der Waals surface area contributed by atoms with Crippen molar-refractivity contribution in [1.82, 2.24) is 0 Å². The first kappa shape index (κ1) is 11.0. The summed E-state index contributed by atoms with van der Waals surface area (Å²) in [6.07, 6.45) is 7.34. The van der Waals surface area contributed by atoms with E-state index < -0.39 is 6.10 Å². The van der Waals surface area contributed by atoms with Crippen LogP contribution in [-0.4, -0.2) is 11.2 Å². The van der Waals surface area contributed by atoms with E-state index in [1.807, 2.05) is 0 Å². The molecule has 0 spiro atoms. The van der Waals surface area contributed by atoms with E-state index in [1.54, 1.807) is 0 Å². The number of benzene rings is 1. The van der Waals surface area contributed by atoms with Gasteiger partial charge in [0.2, 0.25) is 0 Å². The molecule has 1 aliphatic rings. The first-order chi connectivity index (χ1) is 7.63. The molecule has 0 saturated heterocycles. The topological polar surface area (TPSA) is 20.2 Å². The van der Waals surface area contributed by atoms with Gasteiger partial charge in [0.15, 0.2) is 0 Å². The molecule has 0 aromatic heterocycles. The zero-order valence-corrected chi connectivity index (χ0v) is 9.70. The normalized spacial score (nSPS) is 19.9. The van der Waals surface area contributed by atoms with Crippen LogP contribution in [0.15, 0.2) is 23.8 Å². The van der Waals surface area contributed by atoms with Crippen molar-refractivity contribution < 1.29 is 5.11 Å². The summed E-state index contributed by atoms with van der Waals surface area (Å²) >= 11 is 0. The van der Waals surface area contributed by atoms with Crippen LogP contribution in [0.4, 0.5) is 0 Å². The molecule has 1 heteroatoms. The number of fused-ring (bicyclic) bond motifs is 1. The second kappa shape index (κ2) is 4.15.